The number of aliphatic hydroxyl groups excluding tert-OH is 2. The van der Waals surface area contributed by atoms with Crippen LogP contribution in [-0.2, 0) is 32.0 Å². The van der Waals surface area contributed by atoms with E-state index in [1.165, 1.54) is 28.0 Å². The molecule has 0 radical (unpaired) electrons. The van der Waals surface area contributed by atoms with E-state index in [1.54, 1.807) is 6.92 Å². The van der Waals surface area contributed by atoms with Crippen molar-refractivity contribution >= 4 is 38.0 Å². The molecule has 0 amide bonds. The zero-order chi connectivity index (χ0) is 31.0. The fourth-order valence-electron chi connectivity index (χ4n) is 5.79. The van der Waals surface area contributed by atoms with Crippen molar-refractivity contribution in [1.29, 1.82) is 0 Å². The number of aryl methyl sites for hydroxylation is 1. The Hall–Kier alpha value is -3.00. The van der Waals surface area contributed by atoms with Crippen molar-refractivity contribution in [2.45, 2.75) is 56.1 Å². The monoisotopic (exact) mass is 656 g/mol. The summed E-state index contributed by atoms with van der Waals surface area (Å²) < 4.78 is 56.3. The summed E-state index contributed by atoms with van der Waals surface area (Å²) in [5.41, 5.74) is 0.234. The zero-order valence-corrected chi connectivity index (χ0v) is 24.4. The first-order valence-corrected chi connectivity index (χ1v) is 16.3. The van der Waals surface area contributed by atoms with Gasteiger partial charge in [-0.25, -0.2) is 34.0 Å². The molecule has 3 fully saturated rings. The number of nitrogens with zero attached hydrogens (tertiary/aromatic N) is 7. The first-order valence-electron chi connectivity index (χ1n) is 13.3. The van der Waals surface area contributed by atoms with Gasteiger partial charge in [0.2, 0.25) is 0 Å². The molecule has 4 aromatic rings. The third-order valence-electron chi connectivity index (χ3n) is 7.85. The van der Waals surface area contributed by atoms with E-state index in [4.69, 9.17) is 22.8 Å². The van der Waals surface area contributed by atoms with Gasteiger partial charge in [0.15, 0.2) is 23.0 Å². The number of imidazole rings is 2. The third-order valence-corrected chi connectivity index (χ3v) is 9.82. The highest BCUT2D eigenvalue weighted by molar-refractivity contribution is 7.47. The molecule has 20 nitrogen and oxygen atoms in total. The molecule has 2 saturated heterocycles. The van der Waals surface area contributed by atoms with Crippen molar-refractivity contribution in [2.24, 2.45) is 5.92 Å². The van der Waals surface area contributed by atoms with E-state index in [1.807, 2.05) is 0 Å². The van der Waals surface area contributed by atoms with Gasteiger partial charge in [-0.05, 0) is 13.3 Å². The number of phosphoric ester groups is 2. The Morgan fingerprint density at radius 3 is 2.45 bits per heavy atom. The maximum atomic E-state index is 13.2. The molecule has 4 aromatic heterocycles. The maximum absolute atomic E-state index is 13.2. The van der Waals surface area contributed by atoms with Crippen molar-refractivity contribution in [2.75, 3.05) is 13.2 Å². The number of rotatable bonds is 2. The molecule has 10 atom stereocenters. The fraction of sp³-hybridized carbons (Fsp3) is 0.545. The number of H-pyrrole nitrogens is 1. The molecule has 1 aliphatic carbocycles. The number of phosphoric acid groups is 2. The normalized spacial score (nSPS) is 38.3. The largest absolute Gasteiger partial charge is 0.472 e. The molecular formula is C22H26N8O12P2. The zero-order valence-electron chi connectivity index (χ0n) is 22.6. The standard InChI is InChI=1S/C22H26N8O12P2/c1-9-23-3-11-19(28-9)30(7-26-11)22-16(32)18-13(40-22)5-39-44(36,37)41-17-12(2-10(15(17)31)4-38-43(34,35)42-18)29-8-27-14-20(29)24-6-25-21(14)33/h3,6-8,10,12-13,15-18,22,31-32H,2,4-5H2,1H3,(H,34,35)(H,36,37)(H,24,25,33)/t10-,12-,13-,15?,16+,17-,18?,22-/m1/s1. The van der Waals surface area contributed by atoms with Crippen molar-refractivity contribution in [3.05, 3.63) is 41.4 Å². The smallest absolute Gasteiger partial charge is 0.390 e. The molecule has 22 heteroatoms. The molecule has 7 rings (SSSR count). The van der Waals surface area contributed by atoms with Crippen LogP contribution in [0.4, 0.5) is 0 Å². The summed E-state index contributed by atoms with van der Waals surface area (Å²) in [5, 5.41) is 22.3. The first-order chi connectivity index (χ1) is 20.9. The molecule has 1 saturated carbocycles. The van der Waals surface area contributed by atoms with Gasteiger partial charge in [0.05, 0.1) is 50.5 Å². The van der Waals surface area contributed by atoms with Gasteiger partial charge >= 0.3 is 15.6 Å². The van der Waals surface area contributed by atoms with E-state index in [0.717, 1.165) is 6.33 Å². The molecule has 0 aromatic carbocycles. The summed E-state index contributed by atoms with van der Waals surface area (Å²) >= 11 is 0. The van der Waals surface area contributed by atoms with Gasteiger partial charge in [0.1, 0.15) is 35.8 Å². The van der Waals surface area contributed by atoms with Gasteiger partial charge in [-0.1, -0.05) is 0 Å². The molecule has 3 aliphatic rings. The number of aliphatic hydroxyl groups is 2. The summed E-state index contributed by atoms with van der Waals surface area (Å²) in [6.45, 7) is 0.338. The van der Waals surface area contributed by atoms with Crippen LogP contribution >= 0.6 is 15.6 Å². The van der Waals surface area contributed by atoms with Crippen molar-refractivity contribution in [3.8, 4) is 0 Å². The summed E-state index contributed by atoms with van der Waals surface area (Å²) in [4.78, 5) is 56.7. The highest BCUT2D eigenvalue weighted by Crippen LogP contribution is 2.55. The Kier molecular flexibility index (Phi) is 7.30. The van der Waals surface area contributed by atoms with Crippen molar-refractivity contribution in [3.63, 3.8) is 0 Å². The van der Waals surface area contributed by atoms with Gasteiger partial charge in [-0.15, -0.1) is 0 Å². The van der Waals surface area contributed by atoms with Gasteiger partial charge in [0.25, 0.3) is 5.56 Å². The minimum Gasteiger partial charge on any atom is -0.390 e. The highest BCUT2D eigenvalue weighted by atomic mass is 31.2. The first kappa shape index (κ1) is 29.7. The number of hydrogen-bond acceptors (Lipinski definition) is 15. The van der Waals surface area contributed by atoms with Gasteiger partial charge < -0.3 is 34.3 Å². The summed E-state index contributed by atoms with van der Waals surface area (Å²) in [7, 11) is -9.92. The molecule has 2 bridgehead atoms. The minimum absolute atomic E-state index is 0.0133. The minimum atomic E-state index is -4.98. The lowest BCUT2D eigenvalue weighted by atomic mass is 10.1. The van der Waals surface area contributed by atoms with Crippen molar-refractivity contribution in [1.82, 2.24) is 39.0 Å². The molecule has 6 heterocycles. The fourth-order valence-corrected chi connectivity index (χ4v) is 7.77. The average molecular weight is 656 g/mol. The van der Waals surface area contributed by atoms with Crippen LogP contribution < -0.4 is 5.56 Å². The van der Waals surface area contributed by atoms with E-state index in [0.29, 0.717) is 11.3 Å². The second kappa shape index (κ2) is 10.8. The Labute approximate surface area is 245 Å². The second-order valence-corrected chi connectivity index (χ2v) is 13.4. The Balaban J connectivity index is 1.20. The van der Waals surface area contributed by atoms with Crippen LogP contribution in [0, 0.1) is 12.8 Å². The topological polar surface area (TPSA) is 268 Å². The summed E-state index contributed by atoms with van der Waals surface area (Å²) in [6, 6.07) is -0.925. The van der Waals surface area contributed by atoms with Gasteiger partial charge in [0, 0.05) is 5.92 Å². The Bertz CT molecular complexity index is 1880. The van der Waals surface area contributed by atoms with Crippen LogP contribution in [0.5, 0.6) is 0 Å². The van der Waals surface area contributed by atoms with E-state index >= 15 is 0 Å². The Morgan fingerprint density at radius 2 is 1.66 bits per heavy atom. The van der Waals surface area contributed by atoms with Crippen LogP contribution in [0.2, 0.25) is 0 Å². The highest BCUT2D eigenvalue weighted by Gasteiger charge is 2.53. The lowest BCUT2D eigenvalue weighted by Crippen LogP contribution is -2.36. The number of ether oxygens (including phenoxy) is 1. The van der Waals surface area contributed by atoms with E-state index in [-0.39, 0.29) is 23.2 Å². The predicted molar refractivity (Wildman–Crippen MR) is 143 cm³/mol. The SMILES string of the molecule is Cc1ncc2ncn([C@@H]3O[C@@H]4COP(=O)(O)O[C@H]5C(O)[C@@H](COP(=O)(O)OC4[C@@H]3O)C[C@H]5n3cnc4c(=O)[nH]cnc43)c2n1. The van der Waals surface area contributed by atoms with Crippen LogP contribution in [-0.4, -0.2) is 103 Å². The van der Waals surface area contributed by atoms with Crippen LogP contribution in [0.15, 0.2) is 30.0 Å². The number of nitrogens with one attached hydrogen (secondary N) is 1. The molecule has 5 N–H and O–H groups in total. The Morgan fingerprint density at radius 1 is 0.932 bits per heavy atom. The lowest BCUT2D eigenvalue weighted by Gasteiger charge is -2.26. The summed E-state index contributed by atoms with van der Waals surface area (Å²) in [5.74, 6) is -0.523. The molecular weight excluding hydrogens is 630 g/mol. The molecule has 44 heavy (non-hydrogen) atoms. The molecule has 4 unspecified atom stereocenters. The number of aromatic amines is 1. The van der Waals surface area contributed by atoms with E-state index in [9.17, 15) is 33.9 Å². The predicted octanol–water partition coefficient (Wildman–Crippen LogP) is -0.534. The number of aromatic nitrogens is 8. The van der Waals surface area contributed by atoms with E-state index in [2.05, 4.69) is 29.9 Å². The van der Waals surface area contributed by atoms with E-state index < -0.39 is 83.1 Å². The van der Waals surface area contributed by atoms with Gasteiger partial charge in [-0.2, -0.15) is 0 Å². The van der Waals surface area contributed by atoms with Crippen LogP contribution in [0.3, 0.4) is 0 Å². The lowest BCUT2D eigenvalue weighted by molar-refractivity contribution is -0.0553. The number of fused-ring (bicyclic) bond motifs is 5. The average Bonchev–Trinajstić information content (AvgIpc) is 3.72. The van der Waals surface area contributed by atoms with Gasteiger partial charge in [-0.3, -0.25) is 27.5 Å². The molecule has 0 spiro atoms. The van der Waals surface area contributed by atoms with Crippen LogP contribution in [0.1, 0.15) is 24.5 Å². The second-order valence-electron chi connectivity index (χ2n) is 10.6. The molecule has 236 valence electrons. The quantitative estimate of drug-likeness (QED) is 0.170. The summed E-state index contributed by atoms with van der Waals surface area (Å²) in [6.07, 6.45) is -3.63. The van der Waals surface area contributed by atoms with Crippen LogP contribution in [0.25, 0.3) is 22.3 Å². The molecule has 2 aliphatic heterocycles. The van der Waals surface area contributed by atoms with Crippen molar-refractivity contribution < 1.29 is 52.0 Å². The maximum Gasteiger partial charge on any atom is 0.472 e. The third kappa shape index (κ3) is 5.21. The number of hydrogen-bond donors (Lipinski definition) is 5.